The van der Waals surface area contributed by atoms with E-state index in [2.05, 4.69) is 17.9 Å². The van der Waals surface area contributed by atoms with Gasteiger partial charge in [-0.05, 0) is 31.7 Å². The molecule has 2 saturated heterocycles. The smallest absolute Gasteiger partial charge is 0.246 e. The Morgan fingerprint density at radius 2 is 2.04 bits per heavy atom. The van der Waals surface area contributed by atoms with Crippen molar-refractivity contribution in [1.29, 1.82) is 5.26 Å². The molecule has 2 aliphatic heterocycles. The zero-order chi connectivity index (χ0) is 19.8. The van der Waals surface area contributed by atoms with Gasteiger partial charge in [0.05, 0.1) is 19.3 Å². The maximum Gasteiger partial charge on any atom is 0.246 e. The van der Waals surface area contributed by atoms with Crippen LogP contribution >= 0.6 is 0 Å². The molecule has 0 aromatic heterocycles. The van der Waals surface area contributed by atoms with Gasteiger partial charge in [0.2, 0.25) is 11.8 Å². The molecule has 0 bridgehead atoms. The first-order valence-corrected chi connectivity index (χ1v) is 10.2. The molecule has 2 amide bonds. The van der Waals surface area contributed by atoms with Crippen LogP contribution in [0.15, 0.2) is 0 Å². The topological polar surface area (TPSA) is 76.9 Å². The molecule has 27 heavy (non-hydrogen) atoms. The van der Waals surface area contributed by atoms with Crippen molar-refractivity contribution in [2.75, 3.05) is 46.4 Å². The molecule has 3 atom stereocenters. The molecule has 3 unspecified atom stereocenters. The zero-order valence-corrected chi connectivity index (χ0v) is 17.0. The third-order valence-electron chi connectivity index (χ3n) is 5.62. The van der Waals surface area contributed by atoms with E-state index in [0.717, 1.165) is 52.1 Å². The lowest BCUT2D eigenvalue weighted by Gasteiger charge is -2.32. The van der Waals surface area contributed by atoms with Gasteiger partial charge in [0.25, 0.3) is 0 Å². The maximum absolute atomic E-state index is 13.1. The minimum absolute atomic E-state index is 0.0100. The lowest BCUT2D eigenvalue weighted by molar-refractivity contribution is -0.145. The Hall–Kier alpha value is -1.65. The van der Waals surface area contributed by atoms with Crippen LogP contribution in [0.5, 0.6) is 0 Å². The lowest BCUT2D eigenvalue weighted by Crippen LogP contribution is -2.50. The summed E-state index contributed by atoms with van der Waals surface area (Å²) in [5.74, 6) is 0.267. The van der Waals surface area contributed by atoms with Crippen LogP contribution < -0.4 is 0 Å². The molecule has 7 heteroatoms. The molecular weight excluding hydrogens is 344 g/mol. The highest BCUT2D eigenvalue weighted by Crippen LogP contribution is 2.25. The number of carbonyl (C=O) groups excluding carboxylic acids is 2. The second-order valence-electron chi connectivity index (χ2n) is 7.84. The first-order chi connectivity index (χ1) is 13.0. The van der Waals surface area contributed by atoms with Crippen LogP contribution in [0.25, 0.3) is 0 Å². The highest BCUT2D eigenvalue weighted by atomic mass is 16.5. The Bertz CT molecular complexity index is 542. The van der Waals surface area contributed by atoms with E-state index in [9.17, 15) is 14.9 Å². The van der Waals surface area contributed by atoms with Crippen LogP contribution in [0.2, 0.25) is 0 Å². The van der Waals surface area contributed by atoms with Crippen LogP contribution in [0, 0.1) is 17.2 Å². The average Bonchev–Trinajstić information content (AvgIpc) is 3.06. The van der Waals surface area contributed by atoms with Crippen LogP contribution in [0.4, 0.5) is 0 Å². The molecule has 152 valence electrons. The van der Waals surface area contributed by atoms with Gasteiger partial charge in [-0.15, -0.1) is 0 Å². The standard InChI is InChI=1S/C20H34N4O3/c1-4-6-18(20(26)24-15-16(2)13-17(24)14-21)22(3)19(25)7-5-8-23-9-11-27-12-10-23/h16-18H,4-13,15H2,1-3H3. The molecule has 0 aromatic carbocycles. The highest BCUT2D eigenvalue weighted by molar-refractivity contribution is 5.88. The van der Waals surface area contributed by atoms with Gasteiger partial charge in [-0.3, -0.25) is 14.5 Å². The van der Waals surface area contributed by atoms with Crippen molar-refractivity contribution < 1.29 is 14.3 Å². The number of carbonyl (C=O) groups is 2. The summed E-state index contributed by atoms with van der Waals surface area (Å²) in [6, 6.07) is 1.42. The fraction of sp³-hybridized carbons (Fsp3) is 0.850. The van der Waals surface area contributed by atoms with E-state index in [-0.39, 0.29) is 17.9 Å². The molecule has 0 saturated carbocycles. The van der Waals surface area contributed by atoms with Crippen LogP contribution in [0.3, 0.4) is 0 Å². The van der Waals surface area contributed by atoms with E-state index in [4.69, 9.17) is 4.74 Å². The summed E-state index contributed by atoms with van der Waals surface area (Å²) in [4.78, 5) is 31.4. The van der Waals surface area contributed by atoms with Crippen LogP contribution in [-0.2, 0) is 14.3 Å². The summed E-state index contributed by atoms with van der Waals surface area (Å²) in [6.07, 6.45) is 3.41. The number of amides is 2. The molecule has 0 aromatic rings. The Balaban J connectivity index is 1.90. The number of nitriles is 1. The fourth-order valence-corrected chi connectivity index (χ4v) is 3.99. The molecular formula is C20H34N4O3. The van der Waals surface area contributed by atoms with Gasteiger partial charge in [-0.25, -0.2) is 0 Å². The first kappa shape index (κ1) is 21.6. The predicted octanol–water partition coefficient (Wildman–Crippen LogP) is 1.49. The number of morpholine rings is 1. The molecule has 0 radical (unpaired) electrons. The van der Waals surface area contributed by atoms with E-state index < -0.39 is 6.04 Å². The summed E-state index contributed by atoms with van der Waals surface area (Å²) in [6.45, 7) is 8.93. The van der Waals surface area contributed by atoms with E-state index in [1.807, 2.05) is 6.92 Å². The Morgan fingerprint density at radius 1 is 1.33 bits per heavy atom. The molecule has 0 spiro atoms. The number of ether oxygens (including phenoxy) is 1. The van der Waals surface area contributed by atoms with Gasteiger partial charge < -0.3 is 14.5 Å². The van der Waals surface area contributed by atoms with Crippen molar-refractivity contribution in [3.8, 4) is 6.07 Å². The number of likely N-dealkylation sites (N-methyl/N-ethyl adjacent to an activating group) is 1. The third kappa shape index (κ3) is 5.91. The summed E-state index contributed by atoms with van der Waals surface area (Å²) in [7, 11) is 1.73. The monoisotopic (exact) mass is 378 g/mol. The first-order valence-electron chi connectivity index (χ1n) is 10.2. The number of hydrogen-bond donors (Lipinski definition) is 0. The van der Waals surface area contributed by atoms with Crippen molar-refractivity contribution in [3.63, 3.8) is 0 Å². The average molecular weight is 379 g/mol. The van der Waals surface area contributed by atoms with Crippen molar-refractivity contribution in [2.24, 2.45) is 5.92 Å². The van der Waals surface area contributed by atoms with E-state index in [1.165, 1.54) is 0 Å². The number of likely N-dealkylation sites (tertiary alicyclic amines) is 1. The van der Waals surface area contributed by atoms with Gasteiger partial charge in [-0.2, -0.15) is 5.26 Å². The lowest BCUT2D eigenvalue weighted by atomic mass is 10.1. The SMILES string of the molecule is CCCC(C(=O)N1CC(C)CC1C#N)N(C)C(=O)CCCN1CCOCC1. The van der Waals surface area contributed by atoms with Crippen LogP contribution in [-0.4, -0.2) is 85.0 Å². The Morgan fingerprint density at radius 3 is 2.67 bits per heavy atom. The fourth-order valence-electron chi connectivity index (χ4n) is 3.99. The van der Waals surface area contributed by atoms with E-state index in [0.29, 0.717) is 25.3 Å². The summed E-state index contributed by atoms with van der Waals surface area (Å²) in [5.41, 5.74) is 0. The van der Waals surface area contributed by atoms with Crippen LogP contribution in [0.1, 0.15) is 46.0 Å². The molecule has 2 heterocycles. The molecule has 7 nitrogen and oxygen atoms in total. The van der Waals surface area contributed by atoms with Crippen molar-refractivity contribution in [1.82, 2.24) is 14.7 Å². The second kappa shape index (κ2) is 10.6. The molecule has 2 fully saturated rings. The Kier molecular flexibility index (Phi) is 8.52. The van der Waals surface area contributed by atoms with Gasteiger partial charge >= 0.3 is 0 Å². The Labute approximate surface area is 163 Å². The van der Waals surface area contributed by atoms with Crippen molar-refractivity contribution in [2.45, 2.75) is 58.0 Å². The van der Waals surface area contributed by atoms with Crippen molar-refractivity contribution in [3.05, 3.63) is 0 Å². The summed E-state index contributed by atoms with van der Waals surface area (Å²) < 4.78 is 5.34. The minimum Gasteiger partial charge on any atom is -0.379 e. The van der Waals surface area contributed by atoms with E-state index in [1.54, 1.807) is 16.8 Å². The summed E-state index contributed by atoms with van der Waals surface area (Å²) >= 11 is 0. The van der Waals surface area contributed by atoms with Gasteiger partial charge in [0.15, 0.2) is 0 Å². The molecule has 2 aliphatic rings. The number of rotatable bonds is 8. The molecule has 2 rings (SSSR count). The maximum atomic E-state index is 13.1. The van der Waals surface area contributed by atoms with Gasteiger partial charge in [0, 0.05) is 33.1 Å². The number of hydrogen-bond acceptors (Lipinski definition) is 5. The molecule has 0 N–H and O–H groups in total. The zero-order valence-electron chi connectivity index (χ0n) is 17.0. The van der Waals surface area contributed by atoms with Gasteiger partial charge in [0.1, 0.15) is 12.1 Å². The normalized spacial score (nSPS) is 24.4. The molecule has 0 aliphatic carbocycles. The van der Waals surface area contributed by atoms with Gasteiger partial charge in [-0.1, -0.05) is 20.3 Å². The third-order valence-corrected chi connectivity index (χ3v) is 5.62. The summed E-state index contributed by atoms with van der Waals surface area (Å²) in [5, 5.41) is 9.36. The second-order valence-corrected chi connectivity index (χ2v) is 7.84. The largest absolute Gasteiger partial charge is 0.379 e. The van der Waals surface area contributed by atoms with Crippen molar-refractivity contribution >= 4 is 11.8 Å². The van der Waals surface area contributed by atoms with E-state index >= 15 is 0 Å². The highest BCUT2D eigenvalue weighted by Gasteiger charge is 2.38. The quantitative estimate of drug-likeness (QED) is 0.639. The predicted molar refractivity (Wildman–Crippen MR) is 103 cm³/mol. The minimum atomic E-state index is -0.466. The number of nitrogens with zero attached hydrogens (tertiary/aromatic N) is 4.